The lowest BCUT2D eigenvalue weighted by Gasteiger charge is -2.35. The van der Waals surface area contributed by atoms with Crippen molar-refractivity contribution in [2.24, 2.45) is 0 Å². The lowest BCUT2D eigenvalue weighted by atomic mass is 10.1. The molecule has 0 saturated carbocycles. The molecule has 1 amide bonds. The smallest absolute Gasteiger partial charge is 0.284 e. The first-order valence-corrected chi connectivity index (χ1v) is 6.90. The van der Waals surface area contributed by atoms with E-state index in [-0.39, 0.29) is 11.9 Å². The summed E-state index contributed by atoms with van der Waals surface area (Å²) in [6.45, 7) is 2.04. The topological polar surface area (TPSA) is 61.4 Å². The highest BCUT2D eigenvalue weighted by Crippen LogP contribution is 2.19. The first kappa shape index (κ1) is 13.2. The number of hydrogen-bond donors (Lipinski definition) is 1. The Morgan fingerprint density at radius 1 is 1.56 bits per heavy atom. The van der Waals surface area contributed by atoms with Crippen LogP contribution in [-0.4, -0.2) is 66.2 Å². The van der Waals surface area contributed by atoms with Gasteiger partial charge in [0.05, 0.1) is 0 Å². The van der Waals surface area contributed by atoms with E-state index in [2.05, 4.69) is 27.5 Å². The maximum Gasteiger partial charge on any atom is 0.284 e. The first-order valence-electron chi connectivity index (χ1n) is 6.08. The van der Waals surface area contributed by atoms with Crippen LogP contribution in [0.1, 0.15) is 22.6 Å². The third kappa shape index (κ3) is 2.78. The van der Waals surface area contributed by atoms with Crippen molar-refractivity contribution in [1.82, 2.24) is 20.0 Å². The standard InChI is InChI=1S/C11H19N5OS/c1-12-11-14-13-9(18-11)10(17)16(3)8-5-4-6-15(2)7-8/h8H,4-7H2,1-3H3,(H,12,14). The second kappa shape index (κ2) is 5.62. The van der Waals surface area contributed by atoms with Crippen LogP contribution in [0.2, 0.25) is 0 Å². The van der Waals surface area contributed by atoms with Crippen LogP contribution in [0.25, 0.3) is 0 Å². The number of likely N-dealkylation sites (tertiary alicyclic amines) is 1. The molecule has 1 N–H and O–H groups in total. The predicted molar refractivity (Wildman–Crippen MR) is 72.1 cm³/mol. The Labute approximate surface area is 111 Å². The second-order valence-corrected chi connectivity index (χ2v) is 5.61. The Hall–Kier alpha value is -1.21. The number of carbonyl (C=O) groups is 1. The molecule has 0 aliphatic carbocycles. The molecule has 0 bridgehead atoms. The van der Waals surface area contributed by atoms with Gasteiger partial charge in [0.15, 0.2) is 0 Å². The molecule has 1 atom stereocenters. The van der Waals surface area contributed by atoms with E-state index in [0.29, 0.717) is 10.1 Å². The zero-order valence-corrected chi connectivity index (χ0v) is 11.8. The normalized spacial score (nSPS) is 20.7. The molecule has 6 nitrogen and oxygen atoms in total. The van der Waals surface area contributed by atoms with Crippen LogP contribution in [0, 0.1) is 0 Å². The van der Waals surface area contributed by atoms with Crippen molar-refractivity contribution in [3.63, 3.8) is 0 Å². The molecule has 2 heterocycles. The summed E-state index contributed by atoms with van der Waals surface area (Å²) in [4.78, 5) is 16.3. The molecule has 100 valence electrons. The molecule has 0 aromatic carbocycles. The minimum atomic E-state index is -0.0331. The van der Waals surface area contributed by atoms with E-state index < -0.39 is 0 Å². The van der Waals surface area contributed by atoms with Gasteiger partial charge in [0.1, 0.15) is 0 Å². The fraction of sp³-hybridized carbons (Fsp3) is 0.727. The second-order valence-electron chi connectivity index (χ2n) is 4.64. The highest BCUT2D eigenvalue weighted by atomic mass is 32.1. The van der Waals surface area contributed by atoms with Crippen LogP contribution in [-0.2, 0) is 0 Å². The molecule has 0 spiro atoms. The van der Waals surface area contributed by atoms with E-state index in [9.17, 15) is 4.79 Å². The number of likely N-dealkylation sites (N-methyl/N-ethyl adjacent to an activating group) is 2. The Morgan fingerprint density at radius 2 is 2.33 bits per heavy atom. The molecule has 2 rings (SSSR count). The van der Waals surface area contributed by atoms with Gasteiger partial charge in [0, 0.05) is 26.7 Å². The van der Waals surface area contributed by atoms with Gasteiger partial charge >= 0.3 is 0 Å². The summed E-state index contributed by atoms with van der Waals surface area (Å²) >= 11 is 1.30. The predicted octanol–water partition coefficient (Wildman–Crippen LogP) is 0.746. The summed E-state index contributed by atoms with van der Waals surface area (Å²) in [7, 11) is 5.72. The van der Waals surface area contributed by atoms with E-state index in [4.69, 9.17) is 0 Å². The van der Waals surface area contributed by atoms with Crippen LogP contribution in [0.15, 0.2) is 0 Å². The van der Waals surface area contributed by atoms with Gasteiger partial charge in [-0.25, -0.2) is 0 Å². The highest BCUT2D eigenvalue weighted by molar-refractivity contribution is 7.17. The summed E-state index contributed by atoms with van der Waals surface area (Å²) in [5.74, 6) is -0.0331. The number of hydrogen-bond acceptors (Lipinski definition) is 6. The fourth-order valence-corrected chi connectivity index (χ4v) is 2.86. The van der Waals surface area contributed by atoms with Crippen LogP contribution in [0.4, 0.5) is 5.13 Å². The zero-order chi connectivity index (χ0) is 13.1. The van der Waals surface area contributed by atoms with Crippen LogP contribution < -0.4 is 5.32 Å². The number of nitrogens with zero attached hydrogens (tertiary/aromatic N) is 4. The molecule has 1 saturated heterocycles. The van der Waals surface area contributed by atoms with Crippen LogP contribution in [0.3, 0.4) is 0 Å². The van der Waals surface area contributed by atoms with Crippen molar-refractivity contribution in [1.29, 1.82) is 0 Å². The highest BCUT2D eigenvalue weighted by Gasteiger charge is 2.27. The van der Waals surface area contributed by atoms with Gasteiger partial charge in [-0.3, -0.25) is 4.79 Å². The van der Waals surface area contributed by atoms with Crippen molar-refractivity contribution in [3.05, 3.63) is 5.01 Å². The number of anilines is 1. The summed E-state index contributed by atoms with van der Waals surface area (Å²) in [5.41, 5.74) is 0. The molecule has 1 aliphatic heterocycles. The third-order valence-electron chi connectivity index (χ3n) is 3.29. The monoisotopic (exact) mass is 269 g/mol. The van der Waals surface area contributed by atoms with Gasteiger partial charge in [-0.2, -0.15) is 0 Å². The molecular weight excluding hydrogens is 250 g/mol. The number of piperidine rings is 1. The minimum Gasteiger partial charge on any atom is -0.363 e. The van der Waals surface area contributed by atoms with E-state index in [0.717, 1.165) is 25.9 Å². The first-order chi connectivity index (χ1) is 8.61. The lowest BCUT2D eigenvalue weighted by molar-refractivity contribution is 0.0643. The Morgan fingerprint density at radius 3 is 2.94 bits per heavy atom. The van der Waals surface area contributed by atoms with Crippen LogP contribution in [0.5, 0.6) is 0 Å². The van der Waals surface area contributed by atoms with Gasteiger partial charge < -0.3 is 15.1 Å². The Balaban J connectivity index is 2.03. The number of amides is 1. The summed E-state index contributed by atoms with van der Waals surface area (Å²) in [5, 5.41) is 11.8. The molecule has 18 heavy (non-hydrogen) atoms. The Bertz CT molecular complexity index is 421. The van der Waals surface area contributed by atoms with Gasteiger partial charge in [-0.15, -0.1) is 10.2 Å². The molecule has 1 aliphatic rings. The van der Waals surface area contributed by atoms with Crippen molar-refractivity contribution in [3.8, 4) is 0 Å². The Kier molecular flexibility index (Phi) is 4.13. The molecular formula is C11H19N5OS. The average Bonchev–Trinajstić information content (AvgIpc) is 2.85. The van der Waals surface area contributed by atoms with Crippen molar-refractivity contribution in [2.75, 3.05) is 39.5 Å². The van der Waals surface area contributed by atoms with Gasteiger partial charge in [-0.1, -0.05) is 11.3 Å². The summed E-state index contributed by atoms with van der Waals surface area (Å²) in [6.07, 6.45) is 2.20. The van der Waals surface area contributed by atoms with E-state index >= 15 is 0 Å². The molecule has 7 heteroatoms. The van der Waals surface area contributed by atoms with E-state index in [1.54, 1.807) is 11.9 Å². The largest absolute Gasteiger partial charge is 0.363 e. The van der Waals surface area contributed by atoms with Gasteiger partial charge in [0.2, 0.25) is 10.1 Å². The van der Waals surface area contributed by atoms with Gasteiger partial charge in [0.25, 0.3) is 5.91 Å². The maximum atomic E-state index is 12.3. The fourth-order valence-electron chi connectivity index (χ4n) is 2.18. The molecule has 1 fully saturated rings. The quantitative estimate of drug-likeness (QED) is 0.877. The molecule has 1 aromatic heterocycles. The van der Waals surface area contributed by atoms with Crippen LogP contribution >= 0.6 is 11.3 Å². The zero-order valence-electron chi connectivity index (χ0n) is 11.0. The average molecular weight is 269 g/mol. The molecule has 1 unspecified atom stereocenters. The maximum absolute atomic E-state index is 12.3. The number of aromatic nitrogens is 2. The third-order valence-corrected chi connectivity index (χ3v) is 4.22. The molecule has 0 radical (unpaired) electrons. The lowest BCUT2D eigenvalue weighted by Crippen LogP contribution is -2.47. The van der Waals surface area contributed by atoms with E-state index in [1.165, 1.54) is 11.3 Å². The summed E-state index contributed by atoms with van der Waals surface area (Å²) in [6, 6.07) is 0.276. The molecule has 1 aromatic rings. The number of carbonyl (C=O) groups excluding carboxylic acids is 1. The number of rotatable bonds is 3. The van der Waals surface area contributed by atoms with Crippen molar-refractivity contribution in [2.45, 2.75) is 18.9 Å². The SMILES string of the molecule is CNc1nnc(C(=O)N(C)C2CCCN(C)C2)s1. The van der Waals surface area contributed by atoms with E-state index in [1.807, 2.05) is 7.05 Å². The van der Waals surface area contributed by atoms with Gasteiger partial charge in [-0.05, 0) is 26.4 Å². The van der Waals surface area contributed by atoms with Crippen molar-refractivity contribution < 1.29 is 4.79 Å². The minimum absolute atomic E-state index is 0.0331. The number of nitrogens with one attached hydrogen (secondary N) is 1. The summed E-state index contributed by atoms with van der Waals surface area (Å²) < 4.78 is 0. The van der Waals surface area contributed by atoms with Crippen molar-refractivity contribution >= 4 is 22.4 Å².